The van der Waals surface area contributed by atoms with Crippen molar-refractivity contribution in [2.75, 3.05) is 31.1 Å². The Balaban J connectivity index is 0.805. The summed E-state index contributed by atoms with van der Waals surface area (Å²) in [6.45, 7) is 5.26. The number of hydrogen-bond acceptors (Lipinski definition) is 9. The van der Waals surface area contributed by atoms with Gasteiger partial charge in [0.2, 0.25) is 11.8 Å². The number of fused-ring (bicyclic) bond motifs is 2. The van der Waals surface area contributed by atoms with Crippen LogP contribution in [0, 0.1) is 0 Å². The Morgan fingerprint density at radius 2 is 1.71 bits per heavy atom. The Morgan fingerprint density at radius 1 is 0.917 bits per heavy atom. The number of anilines is 1. The molecule has 4 aromatic rings. The van der Waals surface area contributed by atoms with E-state index in [-0.39, 0.29) is 30.2 Å². The molecule has 4 aliphatic rings. The Morgan fingerprint density at radius 3 is 2.48 bits per heavy atom. The normalized spacial score (nSPS) is 21.2. The Bertz CT molecular complexity index is 1860. The Hall–Kier alpha value is -4.84. The number of nitrogens with zero attached hydrogens (tertiary/aromatic N) is 7. The van der Waals surface area contributed by atoms with E-state index in [1.54, 1.807) is 22.0 Å². The third-order valence-electron chi connectivity index (χ3n) is 10.5. The van der Waals surface area contributed by atoms with Gasteiger partial charge in [-0.25, -0.2) is 4.98 Å². The molecule has 0 spiro atoms. The van der Waals surface area contributed by atoms with Crippen LogP contribution in [0.5, 0.6) is 6.01 Å². The van der Waals surface area contributed by atoms with Crippen LogP contribution in [0.25, 0.3) is 11.0 Å². The topological polar surface area (TPSA) is 126 Å². The van der Waals surface area contributed by atoms with Crippen molar-refractivity contribution in [1.82, 2.24) is 34.9 Å². The number of aromatic nitrogens is 4. The molecule has 1 N–H and O–H groups in total. The number of piperidine rings is 3. The smallest absolute Gasteiger partial charge is 0.317 e. The highest BCUT2D eigenvalue weighted by atomic mass is 16.5. The van der Waals surface area contributed by atoms with Crippen molar-refractivity contribution in [2.45, 2.75) is 69.7 Å². The van der Waals surface area contributed by atoms with Gasteiger partial charge in [-0.1, -0.05) is 24.3 Å². The van der Waals surface area contributed by atoms with Gasteiger partial charge in [-0.15, -0.1) is 0 Å². The van der Waals surface area contributed by atoms with E-state index in [9.17, 15) is 14.4 Å². The highest BCUT2D eigenvalue weighted by molar-refractivity contribution is 6.05. The summed E-state index contributed by atoms with van der Waals surface area (Å²) in [5.41, 5.74) is 7.19. The molecule has 248 valence electrons. The first kappa shape index (κ1) is 30.5. The third kappa shape index (κ3) is 6.00. The maximum Gasteiger partial charge on any atom is 0.317 e. The summed E-state index contributed by atoms with van der Waals surface area (Å²) >= 11 is 0. The fourth-order valence-corrected chi connectivity index (χ4v) is 7.70. The van der Waals surface area contributed by atoms with Gasteiger partial charge in [0.25, 0.3) is 5.91 Å². The van der Waals surface area contributed by atoms with E-state index >= 15 is 0 Å². The number of rotatable bonds is 7. The zero-order chi connectivity index (χ0) is 32.8. The predicted octanol–water partition coefficient (Wildman–Crippen LogP) is 3.55. The summed E-state index contributed by atoms with van der Waals surface area (Å²) in [6, 6.07) is 15.0. The second-order valence-electron chi connectivity index (χ2n) is 13.5. The van der Waals surface area contributed by atoms with E-state index in [1.165, 1.54) is 16.8 Å². The third-order valence-corrected chi connectivity index (χ3v) is 10.5. The number of ether oxygens (including phenoxy) is 1. The van der Waals surface area contributed by atoms with Crippen molar-refractivity contribution in [2.24, 2.45) is 7.05 Å². The number of benzene rings is 2. The van der Waals surface area contributed by atoms with Crippen molar-refractivity contribution in [3.05, 3.63) is 77.1 Å². The van der Waals surface area contributed by atoms with Crippen LogP contribution in [0.4, 0.5) is 5.69 Å². The fraction of sp³-hybridized carbons (Fsp3) is 0.444. The molecule has 0 saturated carbocycles. The highest BCUT2D eigenvalue weighted by Crippen LogP contribution is 2.34. The highest BCUT2D eigenvalue weighted by Gasteiger charge is 2.39. The average molecular weight is 649 g/mol. The number of likely N-dealkylation sites (tertiary alicyclic amines) is 1. The van der Waals surface area contributed by atoms with E-state index in [0.29, 0.717) is 30.5 Å². The summed E-state index contributed by atoms with van der Waals surface area (Å²) in [5, 5.41) is 6.61. The average Bonchev–Trinajstić information content (AvgIpc) is 3.64. The SMILES string of the molecule is Cn1ncc2nc(OC3CCN(c4ccc(CN5CCC(c6ccc7c(c6)CN(C6CCC(=O)NC6=O)C7=O)CC5)cc4)CC3)ncc21. The second kappa shape index (κ2) is 12.6. The zero-order valence-electron chi connectivity index (χ0n) is 27.2. The van der Waals surface area contributed by atoms with Crippen LogP contribution in [-0.2, 0) is 29.7 Å². The van der Waals surface area contributed by atoms with Crippen LogP contribution >= 0.6 is 0 Å². The lowest BCUT2D eigenvalue weighted by molar-refractivity contribution is -0.136. The molecule has 12 heteroatoms. The Kier molecular flexibility index (Phi) is 8.03. The zero-order valence-corrected chi connectivity index (χ0v) is 27.2. The number of carbonyl (C=O) groups excluding carboxylic acids is 3. The molecule has 6 heterocycles. The maximum atomic E-state index is 13.1. The number of carbonyl (C=O) groups is 3. The van der Waals surface area contributed by atoms with E-state index in [0.717, 1.165) is 75.0 Å². The molecule has 1 atom stereocenters. The van der Waals surface area contributed by atoms with Gasteiger partial charge in [-0.05, 0) is 73.2 Å². The molecule has 4 aliphatic heterocycles. The van der Waals surface area contributed by atoms with Gasteiger partial charge in [0, 0.05) is 63.7 Å². The summed E-state index contributed by atoms with van der Waals surface area (Å²) in [6.07, 6.45) is 8.23. The quantitative estimate of drug-likeness (QED) is 0.300. The minimum absolute atomic E-state index is 0.101. The predicted molar refractivity (Wildman–Crippen MR) is 178 cm³/mol. The van der Waals surface area contributed by atoms with Gasteiger partial charge in [-0.2, -0.15) is 10.1 Å². The fourth-order valence-electron chi connectivity index (χ4n) is 7.70. The standard InChI is InChI=1S/C36H40N8O4/c1-41-32-20-37-36(39-30(32)19-38-41)48-28-12-16-43(17-13-28)27-5-2-23(3-6-27)21-42-14-10-24(11-15-42)25-4-7-29-26(18-25)22-44(35(29)47)31-8-9-33(45)40-34(31)46/h2-7,18-20,24,28,31H,8-17,21-22H2,1H3,(H,40,45,46). The molecule has 48 heavy (non-hydrogen) atoms. The van der Waals surface area contributed by atoms with Gasteiger partial charge in [0.1, 0.15) is 23.2 Å². The first-order valence-electron chi connectivity index (χ1n) is 17.0. The van der Waals surface area contributed by atoms with Gasteiger partial charge < -0.3 is 14.5 Å². The number of imide groups is 1. The van der Waals surface area contributed by atoms with Crippen LogP contribution in [-0.4, -0.2) is 85.6 Å². The molecule has 0 bridgehead atoms. The molecule has 2 aromatic heterocycles. The molecule has 3 fully saturated rings. The molecule has 2 aromatic carbocycles. The summed E-state index contributed by atoms with van der Waals surface area (Å²) in [5.74, 6) is -0.301. The minimum Gasteiger partial charge on any atom is -0.460 e. The van der Waals surface area contributed by atoms with E-state index in [2.05, 4.69) is 66.6 Å². The maximum absolute atomic E-state index is 13.1. The van der Waals surface area contributed by atoms with Crippen LogP contribution in [0.1, 0.15) is 71.5 Å². The van der Waals surface area contributed by atoms with Crippen molar-refractivity contribution in [3.63, 3.8) is 0 Å². The van der Waals surface area contributed by atoms with Gasteiger partial charge in [0.05, 0.1) is 12.4 Å². The van der Waals surface area contributed by atoms with Crippen LogP contribution in [0.2, 0.25) is 0 Å². The number of nitrogens with one attached hydrogen (secondary N) is 1. The van der Waals surface area contributed by atoms with Crippen molar-refractivity contribution in [3.8, 4) is 6.01 Å². The lowest BCUT2D eigenvalue weighted by Crippen LogP contribution is -2.52. The molecule has 1 unspecified atom stereocenters. The molecule has 8 rings (SSSR count). The van der Waals surface area contributed by atoms with Gasteiger partial charge in [0.15, 0.2) is 0 Å². The van der Waals surface area contributed by atoms with E-state index in [4.69, 9.17) is 4.74 Å². The van der Waals surface area contributed by atoms with Crippen LogP contribution < -0.4 is 15.0 Å². The van der Waals surface area contributed by atoms with Crippen molar-refractivity contribution < 1.29 is 19.1 Å². The molecule has 0 aliphatic carbocycles. The van der Waals surface area contributed by atoms with E-state index < -0.39 is 6.04 Å². The molecule has 3 saturated heterocycles. The summed E-state index contributed by atoms with van der Waals surface area (Å²) in [7, 11) is 1.88. The largest absolute Gasteiger partial charge is 0.460 e. The molecular formula is C36H40N8O4. The summed E-state index contributed by atoms with van der Waals surface area (Å²) < 4.78 is 7.88. The molecular weight excluding hydrogens is 608 g/mol. The van der Waals surface area contributed by atoms with Crippen molar-refractivity contribution in [1.29, 1.82) is 0 Å². The second-order valence-corrected chi connectivity index (χ2v) is 13.5. The first-order chi connectivity index (χ1) is 23.4. The molecule has 0 radical (unpaired) electrons. The molecule has 12 nitrogen and oxygen atoms in total. The monoisotopic (exact) mass is 648 g/mol. The van der Waals surface area contributed by atoms with Gasteiger partial charge in [-0.3, -0.25) is 29.3 Å². The number of aryl methyl sites for hydroxylation is 1. The van der Waals surface area contributed by atoms with Crippen LogP contribution in [0.3, 0.4) is 0 Å². The summed E-state index contributed by atoms with van der Waals surface area (Å²) in [4.78, 5) is 52.5. The van der Waals surface area contributed by atoms with E-state index in [1.807, 2.05) is 13.1 Å². The first-order valence-corrected chi connectivity index (χ1v) is 17.0. The minimum atomic E-state index is -0.578. The number of amides is 3. The lowest BCUT2D eigenvalue weighted by atomic mass is 9.87. The van der Waals surface area contributed by atoms with Crippen LogP contribution in [0.15, 0.2) is 54.9 Å². The molecule has 3 amide bonds. The lowest BCUT2D eigenvalue weighted by Gasteiger charge is -2.34. The van der Waals surface area contributed by atoms with Gasteiger partial charge >= 0.3 is 6.01 Å². The van der Waals surface area contributed by atoms with Crippen molar-refractivity contribution >= 4 is 34.4 Å². The Labute approximate surface area is 279 Å². The number of hydrogen-bond donors (Lipinski definition) is 1.